The monoisotopic (exact) mass is 370 g/mol. The van der Waals surface area contributed by atoms with Crippen LogP contribution in [0, 0.1) is 5.92 Å². The standard InChI is InChI=1S/C18H24Cl2N2O2/c19-16-2-1-13(11-17(16)20)12-24-15-5-9-22(10-6-15)18(23)14-3-7-21-8-4-14/h1-2,11,14-15,21H,3-10,12H2. The van der Waals surface area contributed by atoms with Crippen LogP contribution in [0.15, 0.2) is 18.2 Å². The SMILES string of the molecule is O=C(C1CCNCC1)N1CCC(OCc2ccc(Cl)c(Cl)c2)CC1. The third-order valence-corrected chi connectivity index (χ3v) is 5.65. The molecule has 0 radical (unpaired) electrons. The number of hydrogen-bond acceptors (Lipinski definition) is 3. The van der Waals surface area contributed by atoms with E-state index in [0.717, 1.165) is 57.4 Å². The summed E-state index contributed by atoms with van der Waals surface area (Å²) in [7, 11) is 0. The molecule has 2 heterocycles. The van der Waals surface area contributed by atoms with E-state index < -0.39 is 0 Å². The predicted octanol–water partition coefficient (Wildman–Crippen LogP) is 3.50. The highest BCUT2D eigenvalue weighted by atomic mass is 35.5. The zero-order valence-electron chi connectivity index (χ0n) is 13.8. The maximum atomic E-state index is 12.5. The molecule has 0 aliphatic carbocycles. The molecule has 1 aromatic rings. The molecule has 132 valence electrons. The molecule has 2 aliphatic rings. The number of carbonyl (C=O) groups excluding carboxylic acids is 1. The van der Waals surface area contributed by atoms with Gasteiger partial charge in [-0.15, -0.1) is 0 Å². The van der Waals surface area contributed by atoms with Crippen LogP contribution in [0.1, 0.15) is 31.2 Å². The van der Waals surface area contributed by atoms with Gasteiger partial charge in [0.25, 0.3) is 0 Å². The van der Waals surface area contributed by atoms with Crippen molar-refractivity contribution in [3.63, 3.8) is 0 Å². The molecule has 0 unspecified atom stereocenters. The second-order valence-corrected chi connectivity index (χ2v) is 7.42. The molecule has 6 heteroatoms. The highest BCUT2D eigenvalue weighted by Gasteiger charge is 2.29. The molecule has 4 nitrogen and oxygen atoms in total. The second-order valence-electron chi connectivity index (χ2n) is 6.61. The van der Waals surface area contributed by atoms with Crippen LogP contribution in [0.4, 0.5) is 0 Å². The number of amides is 1. The van der Waals surface area contributed by atoms with E-state index in [1.807, 2.05) is 17.0 Å². The number of rotatable bonds is 4. The minimum atomic E-state index is 0.205. The fourth-order valence-corrected chi connectivity index (χ4v) is 3.73. The Labute approximate surface area is 153 Å². The van der Waals surface area contributed by atoms with Gasteiger partial charge in [-0.05, 0) is 56.5 Å². The first-order valence-corrected chi connectivity index (χ1v) is 9.44. The van der Waals surface area contributed by atoms with Crippen molar-refractivity contribution in [2.24, 2.45) is 5.92 Å². The van der Waals surface area contributed by atoms with Crippen molar-refractivity contribution < 1.29 is 9.53 Å². The first kappa shape index (κ1) is 18.0. The van der Waals surface area contributed by atoms with Gasteiger partial charge < -0.3 is 15.0 Å². The highest BCUT2D eigenvalue weighted by molar-refractivity contribution is 6.42. The fraction of sp³-hybridized carbons (Fsp3) is 0.611. The summed E-state index contributed by atoms with van der Waals surface area (Å²) in [4.78, 5) is 14.6. The van der Waals surface area contributed by atoms with Crippen molar-refractivity contribution in [3.05, 3.63) is 33.8 Å². The minimum absolute atomic E-state index is 0.205. The smallest absolute Gasteiger partial charge is 0.225 e. The molecule has 0 atom stereocenters. The van der Waals surface area contributed by atoms with Crippen LogP contribution in [-0.2, 0) is 16.1 Å². The summed E-state index contributed by atoms with van der Waals surface area (Å²) >= 11 is 12.0. The highest BCUT2D eigenvalue weighted by Crippen LogP contribution is 2.24. The van der Waals surface area contributed by atoms with Crippen LogP contribution in [0.5, 0.6) is 0 Å². The number of carbonyl (C=O) groups is 1. The number of nitrogens with one attached hydrogen (secondary N) is 1. The molecular formula is C18H24Cl2N2O2. The van der Waals surface area contributed by atoms with Gasteiger partial charge in [-0.1, -0.05) is 29.3 Å². The lowest BCUT2D eigenvalue weighted by Crippen LogP contribution is -2.45. The van der Waals surface area contributed by atoms with Gasteiger partial charge in [-0.25, -0.2) is 0 Å². The molecule has 0 saturated carbocycles. The van der Waals surface area contributed by atoms with Crippen molar-refractivity contribution in [3.8, 4) is 0 Å². The Morgan fingerprint density at radius 3 is 2.50 bits per heavy atom. The van der Waals surface area contributed by atoms with Gasteiger partial charge in [0.2, 0.25) is 5.91 Å². The lowest BCUT2D eigenvalue weighted by atomic mass is 9.95. The fourth-order valence-electron chi connectivity index (χ4n) is 3.41. The molecule has 2 fully saturated rings. The van der Waals surface area contributed by atoms with E-state index in [1.54, 1.807) is 6.07 Å². The molecule has 3 rings (SSSR count). The Balaban J connectivity index is 1.43. The maximum Gasteiger partial charge on any atom is 0.225 e. The summed E-state index contributed by atoms with van der Waals surface area (Å²) in [6.07, 6.45) is 3.94. The molecular weight excluding hydrogens is 347 g/mol. The summed E-state index contributed by atoms with van der Waals surface area (Å²) in [5.41, 5.74) is 1.03. The van der Waals surface area contributed by atoms with Crippen LogP contribution in [-0.4, -0.2) is 43.1 Å². The Morgan fingerprint density at radius 2 is 1.83 bits per heavy atom. The molecule has 2 aliphatic heterocycles. The molecule has 24 heavy (non-hydrogen) atoms. The van der Waals surface area contributed by atoms with Crippen LogP contribution in [0.3, 0.4) is 0 Å². The van der Waals surface area contributed by atoms with Crippen molar-refractivity contribution in [1.29, 1.82) is 0 Å². The number of benzene rings is 1. The van der Waals surface area contributed by atoms with E-state index in [2.05, 4.69) is 5.32 Å². The van der Waals surface area contributed by atoms with Crippen molar-refractivity contribution in [2.45, 2.75) is 38.4 Å². The van der Waals surface area contributed by atoms with Gasteiger partial charge in [0, 0.05) is 19.0 Å². The average molecular weight is 371 g/mol. The summed E-state index contributed by atoms with van der Waals surface area (Å²) < 4.78 is 5.99. The molecule has 0 aromatic heterocycles. The van der Waals surface area contributed by atoms with Crippen molar-refractivity contribution in [2.75, 3.05) is 26.2 Å². The van der Waals surface area contributed by atoms with Gasteiger partial charge in [0.05, 0.1) is 22.8 Å². The van der Waals surface area contributed by atoms with Gasteiger partial charge in [0.15, 0.2) is 0 Å². The third-order valence-electron chi connectivity index (χ3n) is 4.91. The van der Waals surface area contributed by atoms with E-state index >= 15 is 0 Å². The van der Waals surface area contributed by atoms with Crippen molar-refractivity contribution in [1.82, 2.24) is 10.2 Å². The molecule has 1 amide bonds. The number of halogens is 2. The summed E-state index contributed by atoms with van der Waals surface area (Å²) in [6.45, 7) is 4.05. The Kier molecular flexibility index (Phi) is 6.39. The quantitative estimate of drug-likeness (QED) is 0.881. The van der Waals surface area contributed by atoms with Gasteiger partial charge in [-0.3, -0.25) is 4.79 Å². The van der Waals surface area contributed by atoms with Crippen LogP contribution >= 0.6 is 23.2 Å². The normalized spacial score (nSPS) is 20.3. The van der Waals surface area contributed by atoms with Crippen LogP contribution in [0.2, 0.25) is 10.0 Å². The van der Waals surface area contributed by atoms with Gasteiger partial charge in [0.1, 0.15) is 0 Å². The van der Waals surface area contributed by atoms with E-state index in [0.29, 0.717) is 22.6 Å². The number of nitrogens with zero attached hydrogens (tertiary/aromatic N) is 1. The summed E-state index contributed by atoms with van der Waals surface area (Å²) in [6, 6.07) is 5.58. The maximum absolute atomic E-state index is 12.5. The van der Waals surface area contributed by atoms with Gasteiger partial charge in [-0.2, -0.15) is 0 Å². The summed E-state index contributed by atoms with van der Waals surface area (Å²) in [5.74, 6) is 0.541. The van der Waals surface area contributed by atoms with E-state index in [4.69, 9.17) is 27.9 Å². The van der Waals surface area contributed by atoms with Crippen molar-refractivity contribution >= 4 is 29.1 Å². The Bertz CT molecular complexity index is 568. The molecule has 1 N–H and O–H groups in total. The Hall–Kier alpha value is -0.810. The minimum Gasteiger partial charge on any atom is -0.373 e. The van der Waals surface area contributed by atoms with Gasteiger partial charge >= 0.3 is 0 Å². The van der Waals surface area contributed by atoms with E-state index in [9.17, 15) is 4.79 Å². The van der Waals surface area contributed by atoms with E-state index in [-0.39, 0.29) is 12.0 Å². The summed E-state index contributed by atoms with van der Waals surface area (Å²) in [5, 5.41) is 4.43. The lowest BCUT2D eigenvalue weighted by Gasteiger charge is -2.35. The first-order chi connectivity index (χ1) is 11.6. The molecule has 1 aromatic carbocycles. The topological polar surface area (TPSA) is 41.6 Å². The molecule has 0 spiro atoms. The lowest BCUT2D eigenvalue weighted by molar-refractivity contribution is -0.139. The average Bonchev–Trinajstić information content (AvgIpc) is 2.63. The first-order valence-electron chi connectivity index (χ1n) is 8.68. The predicted molar refractivity (Wildman–Crippen MR) is 96.4 cm³/mol. The largest absolute Gasteiger partial charge is 0.373 e. The zero-order chi connectivity index (χ0) is 16.9. The number of piperidine rings is 2. The number of ether oxygens (including phenoxy) is 1. The van der Waals surface area contributed by atoms with Crippen LogP contribution < -0.4 is 5.32 Å². The number of hydrogen-bond donors (Lipinski definition) is 1. The number of likely N-dealkylation sites (tertiary alicyclic amines) is 1. The Morgan fingerprint density at radius 1 is 1.12 bits per heavy atom. The van der Waals surface area contributed by atoms with E-state index in [1.165, 1.54) is 0 Å². The zero-order valence-corrected chi connectivity index (χ0v) is 15.3. The van der Waals surface area contributed by atoms with Crippen LogP contribution in [0.25, 0.3) is 0 Å². The molecule has 2 saturated heterocycles. The third kappa shape index (κ3) is 4.63. The second kappa shape index (κ2) is 8.52. The molecule has 0 bridgehead atoms.